The highest BCUT2D eigenvalue weighted by Gasteiger charge is 2.30. The maximum absolute atomic E-state index is 3.62. The van der Waals surface area contributed by atoms with E-state index >= 15 is 0 Å². The van der Waals surface area contributed by atoms with Gasteiger partial charge in [0.25, 0.3) is 0 Å². The third-order valence-corrected chi connectivity index (χ3v) is 4.45. The van der Waals surface area contributed by atoms with E-state index in [-0.39, 0.29) is 5.54 Å². The Morgan fingerprint density at radius 2 is 1.94 bits per heavy atom. The molecule has 1 aromatic carbocycles. The van der Waals surface area contributed by atoms with Crippen LogP contribution in [0.1, 0.15) is 36.8 Å². The molecule has 0 spiro atoms. The maximum atomic E-state index is 3.62. The zero-order chi connectivity index (χ0) is 11.9. The summed E-state index contributed by atoms with van der Waals surface area (Å²) in [5.41, 5.74) is 3.18. The molecule has 2 heteroatoms. The number of likely N-dealkylation sites (N-methyl/N-ethyl adjacent to an activating group) is 1. The molecular formula is C15H22N2. The van der Waals surface area contributed by atoms with Gasteiger partial charge in [-0.2, -0.15) is 0 Å². The van der Waals surface area contributed by atoms with Gasteiger partial charge in [-0.3, -0.25) is 0 Å². The summed E-state index contributed by atoms with van der Waals surface area (Å²) in [6.45, 7) is 5.92. The zero-order valence-corrected chi connectivity index (χ0v) is 10.9. The van der Waals surface area contributed by atoms with E-state index in [1.807, 2.05) is 0 Å². The van der Waals surface area contributed by atoms with Crippen LogP contribution in [-0.4, -0.2) is 31.6 Å². The van der Waals surface area contributed by atoms with E-state index in [0.29, 0.717) is 0 Å². The number of nitrogens with one attached hydrogen (secondary N) is 1. The Morgan fingerprint density at radius 3 is 2.47 bits per heavy atom. The van der Waals surface area contributed by atoms with Gasteiger partial charge in [0.15, 0.2) is 0 Å². The summed E-state index contributed by atoms with van der Waals surface area (Å²) in [6.07, 6.45) is 2.56. The van der Waals surface area contributed by atoms with E-state index in [0.717, 1.165) is 12.5 Å². The van der Waals surface area contributed by atoms with Crippen LogP contribution >= 0.6 is 0 Å². The molecule has 0 aromatic heterocycles. The van der Waals surface area contributed by atoms with Crippen molar-refractivity contribution in [3.8, 4) is 0 Å². The molecule has 1 unspecified atom stereocenters. The highest BCUT2D eigenvalue weighted by atomic mass is 15.2. The Hall–Kier alpha value is -0.860. The highest BCUT2D eigenvalue weighted by molar-refractivity contribution is 5.32. The number of hydrogen-bond acceptors (Lipinski definition) is 2. The van der Waals surface area contributed by atoms with Gasteiger partial charge in [0.1, 0.15) is 0 Å². The molecule has 0 amide bonds. The fourth-order valence-corrected chi connectivity index (χ4v) is 3.17. The van der Waals surface area contributed by atoms with Gasteiger partial charge < -0.3 is 10.2 Å². The molecule has 2 aliphatic rings. The van der Waals surface area contributed by atoms with Gasteiger partial charge in [-0.15, -0.1) is 0 Å². The minimum atomic E-state index is 0.217. The molecule has 17 heavy (non-hydrogen) atoms. The molecular weight excluding hydrogens is 208 g/mol. The summed E-state index contributed by atoms with van der Waals surface area (Å²) in [4.78, 5) is 2.37. The van der Waals surface area contributed by atoms with Gasteiger partial charge in [-0.1, -0.05) is 24.3 Å². The van der Waals surface area contributed by atoms with Crippen molar-refractivity contribution >= 4 is 0 Å². The van der Waals surface area contributed by atoms with E-state index in [9.17, 15) is 0 Å². The van der Waals surface area contributed by atoms with Gasteiger partial charge >= 0.3 is 0 Å². The van der Waals surface area contributed by atoms with Crippen LogP contribution in [0.5, 0.6) is 0 Å². The average molecular weight is 230 g/mol. The van der Waals surface area contributed by atoms with E-state index in [1.165, 1.54) is 37.1 Å². The van der Waals surface area contributed by atoms with Crippen LogP contribution in [0.2, 0.25) is 0 Å². The Balaban J connectivity index is 1.76. The summed E-state index contributed by atoms with van der Waals surface area (Å²) in [5.74, 6) is 0.762. The Morgan fingerprint density at radius 1 is 1.24 bits per heavy atom. The fraction of sp³-hybridized carbons (Fsp3) is 0.600. The molecule has 0 saturated carbocycles. The quantitative estimate of drug-likeness (QED) is 0.839. The maximum Gasteiger partial charge on any atom is 0.0406 e. The summed E-state index contributed by atoms with van der Waals surface area (Å²) < 4.78 is 0. The lowest BCUT2D eigenvalue weighted by Gasteiger charge is -2.36. The number of nitrogens with zero attached hydrogens (tertiary/aromatic N) is 1. The normalized spacial score (nSPS) is 30.5. The molecule has 2 nitrogen and oxygen atoms in total. The summed E-state index contributed by atoms with van der Waals surface area (Å²) in [5, 5.41) is 3.62. The standard InChI is InChI=1S/C15H22N2/c1-15(8-3-9-16-15)14-6-4-12(5-7-14)13-10-17(2)11-13/h4-7,13,16H,3,8-11H2,1-2H3. The topological polar surface area (TPSA) is 15.3 Å². The molecule has 92 valence electrons. The van der Waals surface area contributed by atoms with Gasteiger partial charge in [-0.05, 0) is 44.5 Å². The molecule has 0 radical (unpaired) electrons. The Labute approximate surface area is 104 Å². The van der Waals surface area contributed by atoms with E-state index in [4.69, 9.17) is 0 Å². The van der Waals surface area contributed by atoms with Crippen LogP contribution in [0.25, 0.3) is 0 Å². The van der Waals surface area contributed by atoms with Crippen molar-refractivity contribution in [3.63, 3.8) is 0 Å². The second-order valence-electron chi connectivity index (χ2n) is 5.90. The van der Waals surface area contributed by atoms with Crippen molar-refractivity contribution in [1.82, 2.24) is 10.2 Å². The number of likely N-dealkylation sites (tertiary alicyclic amines) is 1. The zero-order valence-electron chi connectivity index (χ0n) is 10.9. The van der Waals surface area contributed by atoms with Crippen molar-refractivity contribution in [2.45, 2.75) is 31.2 Å². The second kappa shape index (κ2) is 4.11. The van der Waals surface area contributed by atoms with Crippen LogP contribution in [0.3, 0.4) is 0 Å². The molecule has 1 aromatic rings. The fourth-order valence-electron chi connectivity index (χ4n) is 3.17. The lowest BCUT2D eigenvalue weighted by Crippen LogP contribution is -2.41. The predicted molar refractivity (Wildman–Crippen MR) is 71.3 cm³/mol. The smallest absolute Gasteiger partial charge is 0.0406 e. The second-order valence-corrected chi connectivity index (χ2v) is 5.90. The molecule has 0 aliphatic carbocycles. The Kier molecular flexibility index (Phi) is 2.72. The number of hydrogen-bond donors (Lipinski definition) is 1. The molecule has 3 rings (SSSR count). The minimum Gasteiger partial charge on any atom is -0.308 e. The van der Waals surface area contributed by atoms with Crippen molar-refractivity contribution in [2.75, 3.05) is 26.7 Å². The monoisotopic (exact) mass is 230 g/mol. The third-order valence-electron chi connectivity index (χ3n) is 4.45. The minimum absolute atomic E-state index is 0.217. The highest BCUT2D eigenvalue weighted by Crippen LogP contribution is 2.32. The first-order chi connectivity index (χ1) is 8.17. The van der Waals surface area contributed by atoms with Gasteiger partial charge in [0, 0.05) is 24.5 Å². The summed E-state index contributed by atoms with van der Waals surface area (Å²) >= 11 is 0. The van der Waals surface area contributed by atoms with Gasteiger partial charge in [0.2, 0.25) is 0 Å². The average Bonchev–Trinajstić information content (AvgIpc) is 2.74. The molecule has 1 atom stereocenters. The van der Waals surface area contributed by atoms with Crippen molar-refractivity contribution < 1.29 is 0 Å². The molecule has 1 N–H and O–H groups in total. The van der Waals surface area contributed by atoms with Crippen LogP contribution < -0.4 is 5.32 Å². The lowest BCUT2D eigenvalue weighted by molar-refractivity contribution is 0.189. The van der Waals surface area contributed by atoms with Crippen molar-refractivity contribution in [2.24, 2.45) is 0 Å². The van der Waals surface area contributed by atoms with Crippen LogP contribution in [0, 0.1) is 0 Å². The van der Waals surface area contributed by atoms with E-state index < -0.39 is 0 Å². The molecule has 0 bridgehead atoms. The van der Waals surface area contributed by atoms with Crippen LogP contribution in [0.4, 0.5) is 0 Å². The summed E-state index contributed by atoms with van der Waals surface area (Å²) in [6, 6.07) is 9.31. The van der Waals surface area contributed by atoms with E-state index in [1.54, 1.807) is 0 Å². The summed E-state index contributed by atoms with van der Waals surface area (Å²) in [7, 11) is 2.19. The molecule has 2 fully saturated rings. The first-order valence-electron chi connectivity index (χ1n) is 6.71. The lowest BCUT2D eigenvalue weighted by atomic mass is 9.86. The van der Waals surface area contributed by atoms with Crippen LogP contribution in [-0.2, 0) is 5.54 Å². The van der Waals surface area contributed by atoms with Crippen molar-refractivity contribution in [1.29, 1.82) is 0 Å². The first-order valence-corrected chi connectivity index (χ1v) is 6.71. The van der Waals surface area contributed by atoms with E-state index in [2.05, 4.69) is 48.5 Å². The SMILES string of the molecule is CN1CC(c2ccc(C3(C)CCCN3)cc2)C1. The van der Waals surface area contributed by atoms with Crippen molar-refractivity contribution in [3.05, 3.63) is 35.4 Å². The van der Waals surface area contributed by atoms with Gasteiger partial charge in [0.05, 0.1) is 0 Å². The number of rotatable bonds is 2. The molecule has 2 saturated heterocycles. The van der Waals surface area contributed by atoms with Crippen LogP contribution in [0.15, 0.2) is 24.3 Å². The Bertz CT molecular complexity index is 384. The third kappa shape index (κ3) is 2.00. The predicted octanol–water partition coefficient (Wildman–Crippen LogP) is 2.31. The van der Waals surface area contributed by atoms with Gasteiger partial charge in [-0.25, -0.2) is 0 Å². The largest absolute Gasteiger partial charge is 0.308 e. The first kappa shape index (κ1) is 11.2. The molecule has 2 aliphatic heterocycles. The molecule has 2 heterocycles. The number of benzene rings is 1.